The van der Waals surface area contributed by atoms with Crippen LogP contribution in [0.4, 0.5) is 0 Å². The van der Waals surface area contributed by atoms with Crippen LogP contribution in [0.1, 0.15) is 29.2 Å². The zero-order valence-corrected chi connectivity index (χ0v) is 20.1. The van der Waals surface area contributed by atoms with Crippen LogP contribution in [0, 0.1) is 0 Å². The molecule has 34 heavy (non-hydrogen) atoms. The molecular formula is C26H26BrN3O4. The standard InChI is InChI=1S/C26H26BrN3O4/c27-21-11-7-18(8-12-21)17-26(25(32)30-28)23(19-5-2-1-3-6-19)34-24(29-26)20-9-13-22(14-10-20)33-16-4-15-31/h1-3,5-14,23,31H,4,15-17,28H2,(H,30,32)/t23-,26-/m0/s1. The van der Waals surface area contributed by atoms with E-state index in [-0.39, 0.29) is 6.61 Å². The second kappa shape index (κ2) is 10.8. The van der Waals surface area contributed by atoms with E-state index in [0.29, 0.717) is 31.1 Å². The summed E-state index contributed by atoms with van der Waals surface area (Å²) in [6.07, 6.45) is 0.189. The van der Waals surface area contributed by atoms with E-state index in [1.807, 2.05) is 78.9 Å². The number of rotatable bonds is 9. The van der Waals surface area contributed by atoms with E-state index in [9.17, 15) is 4.79 Å². The van der Waals surface area contributed by atoms with Crippen molar-refractivity contribution in [3.63, 3.8) is 0 Å². The summed E-state index contributed by atoms with van der Waals surface area (Å²) >= 11 is 3.45. The summed E-state index contributed by atoms with van der Waals surface area (Å²) in [5.41, 5.74) is 3.49. The van der Waals surface area contributed by atoms with Crippen molar-refractivity contribution >= 4 is 27.7 Å². The van der Waals surface area contributed by atoms with Gasteiger partial charge in [0.15, 0.2) is 11.6 Å². The van der Waals surface area contributed by atoms with Gasteiger partial charge < -0.3 is 14.6 Å². The van der Waals surface area contributed by atoms with Crippen LogP contribution in [0.15, 0.2) is 88.3 Å². The van der Waals surface area contributed by atoms with Crippen molar-refractivity contribution in [2.24, 2.45) is 10.8 Å². The number of carbonyl (C=O) groups is 1. The zero-order valence-electron chi connectivity index (χ0n) is 18.5. The Morgan fingerprint density at radius 3 is 2.44 bits per heavy atom. The maximum absolute atomic E-state index is 13.3. The highest BCUT2D eigenvalue weighted by Gasteiger charge is 2.53. The first-order valence-corrected chi connectivity index (χ1v) is 11.8. The highest BCUT2D eigenvalue weighted by Crippen LogP contribution is 2.42. The van der Waals surface area contributed by atoms with Crippen LogP contribution in [0.25, 0.3) is 0 Å². The van der Waals surface area contributed by atoms with E-state index in [0.717, 1.165) is 21.2 Å². The molecule has 0 radical (unpaired) electrons. The summed E-state index contributed by atoms with van der Waals surface area (Å²) < 4.78 is 12.9. The summed E-state index contributed by atoms with van der Waals surface area (Å²) in [4.78, 5) is 18.2. The molecule has 1 aliphatic heterocycles. The lowest BCUT2D eigenvalue weighted by molar-refractivity contribution is -0.129. The van der Waals surface area contributed by atoms with Gasteiger partial charge in [-0.2, -0.15) is 0 Å². The average molecular weight is 524 g/mol. The smallest absolute Gasteiger partial charge is 0.266 e. The van der Waals surface area contributed by atoms with Gasteiger partial charge in [-0.05, 0) is 47.5 Å². The lowest BCUT2D eigenvalue weighted by Crippen LogP contribution is -2.52. The van der Waals surface area contributed by atoms with Crippen LogP contribution >= 0.6 is 15.9 Å². The summed E-state index contributed by atoms with van der Waals surface area (Å²) in [7, 11) is 0. The van der Waals surface area contributed by atoms with Gasteiger partial charge in [-0.3, -0.25) is 10.2 Å². The Hall–Kier alpha value is -3.20. The van der Waals surface area contributed by atoms with Crippen LogP contribution in [0.5, 0.6) is 5.75 Å². The van der Waals surface area contributed by atoms with Gasteiger partial charge in [-0.1, -0.05) is 58.4 Å². The van der Waals surface area contributed by atoms with Gasteiger partial charge in [0.05, 0.1) is 6.61 Å². The minimum absolute atomic E-state index is 0.0766. The Morgan fingerprint density at radius 1 is 1.09 bits per heavy atom. The molecule has 8 heteroatoms. The molecule has 4 rings (SSSR count). The predicted octanol–water partition coefficient (Wildman–Crippen LogP) is 3.70. The van der Waals surface area contributed by atoms with E-state index in [2.05, 4.69) is 21.4 Å². The summed E-state index contributed by atoms with van der Waals surface area (Å²) in [5, 5.41) is 8.93. The third kappa shape index (κ3) is 5.14. The molecule has 1 aliphatic rings. The highest BCUT2D eigenvalue weighted by atomic mass is 79.9. The number of aliphatic imine (C=N–C) groups is 1. The summed E-state index contributed by atoms with van der Waals surface area (Å²) in [5.74, 6) is 6.26. The third-order valence-electron chi connectivity index (χ3n) is 5.65. The first kappa shape index (κ1) is 23.9. The number of ether oxygens (including phenoxy) is 2. The van der Waals surface area contributed by atoms with Crippen LogP contribution in [0.3, 0.4) is 0 Å². The monoisotopic (exact) mass is 523 g/mol. The molecule has 0 unspecified atom stereocenters. The molecule has 0 saturated heterocycles. The van der Waals surface area contributed by atoms with Gasteiger partial charge >= 0.3 is 0 Å². The number of nitrogens with one attached hydrogen (secondary N) is 1. The van der Waals surface area contributed by atoms with Crippen molar-refractivity contribution in [1.82, 2.24) is 5.43 Å². The number of hydrogen-bond acceptors (Lipinski definition) is 6. The Balaban J connectivity index is 1.73. The first-order chi connectivity index (χ1) is 16.6. The molecule has 3 aromatic rings. The molecule has 176 valence electrons. The number of carbonyl (C=O) groups excluding carboxylic acids is 1. The van der Waals surface area contributed by atoms with Gasteiger partial charge in [-0.25, -0.2) is 10.8 Å². The van der Waals surface area contributed by atoms with Gasteiger partial charge in [0, 0.05) is 29.5 Å². The van der Waals surface area contributed by atoms with Gasteiger partial charge in [0.25, 0.3) is 5.91 Å². The molecule has 7 nitrogen and oxygen atoms in total. The molecule has 0 fully saturated rings. The number of halogens is 1. The minimum Gasteiger partial charge on any atom is -0.494 e. The minimum atomic E-state index is -1.30. The van der Waals surface area contributed by atoms with Crippen LogP contribution in [-0.2, 0) is 16.0 Å². The third-order valence-corrected chi connectivity index (χ3v) is 6.18. The Bertz CT molecular complexity index is 1140. The van der Waals surface area contributed by atoms with Crippen molar-refractivity contribution < 1.29 is 19.4 Å². The van der Waals surface area contributed by atoms with Crippen molar-refractivity contribution in [3.05, 3.63) is 100 Å². The fourth-order valence-corrected chi connectivity index (χ4v) is 4.21. The maximum atomic E-state index is 13.3. The number of amides is 1. The fourth-order valence-electron chi connectivity index (χ4n) is 3.95. The van der Waals surface area contributed by atoms with Crippen LogP contribution in [0.2, 0.25) is 0 Å². The van der Waals surface area contributed by atoms with Crippen molar-refractivity contribution in [2.45, 2.75) is 24.5 Å². The number of hydrazine groups is 1. The summed E-state index contributed by atoms with van der Waals surface area (Å²) in [6, 6.07) is 24.6. The number of aliphatic hydroxyl groups is 1. The first-order valence-electron chi connectivity index (χ1n) is 11.0. The topological polar surface area (TPSA) is 106 Å². The number of nitrogens with zero attached hydrogens (tertiary/aromatic N) is 1. The van der Waals surface area contributed by atoms with Crippen molar-refractivity contribution in [3.8, 4) is 5.75 Å². The Labute approximate surface area is 206 Å². The van der Waals surface area contributed by atoms with E-state index in [4.69, 9.17) is 25.4 Å². The number of aliphatic hydroxyl groups excluding tert-OH is 1. The zero-order chi connectivity index (χ0) is 24.0. The Kier molecular flexibility index (Phi) is 7.62. The molecule has 1 heterocycles. The van der Waals surface area contributed by atoms with Gasteiger partial charge in [-0.15, -0.1) is 0 Å². The lowest BCUT2D eigenvalue weighted by Gasteiger charge is -2.30. The van der Waals surface area contributed by atoms with E-state index >= 15 is 0 Å². The largest absolute Gasteiger partial charge is 0.494 e. The highest BCUT2D eigenvalue weighted by molar-refractivity contribution is 9.10. The molecule has 0 saturated carbocycles. The lowest BCUT2D eigenvalue weighted by atomic mass is 9.82. The number of nitrogens with two attached hydrogens (primary N) is 1. The Morgan fingerprint density at radius 2 is 1.79 bits per heavy atom. The molecule has 2 atom stereocenters. The normalized spacial score (nSPS) is 19.3. The van der Waals surface area contributed by atoms with E-state index in [1.54, 1.807) is 0 Å². The number of hydrogen-bond donors (Lipinski definition) is 3. The van der Waals surface area contributed by atoms with Gasteiger partial charge in [0.1, 0.15) is 5.75 Å². The molecule has 0 aliphatic carbocycles. The van der Waals surface area contributed by atoms with Gasteiger partial charge in [0.2, 0.25) is 5.90 Å². The quantitative estimate of drug-likeness (QED) is 0.171. The van der Waals surface area contributed by atoms with Crippen molar-refractivity contribution in [2.75, 3.05) is 13.2 Å². The molecule has 3 aromatic carbocycles. The molecule has 0 aromatic heterocycles. The molecule has 4 N–H and O–H groups in total. The second-order valence-electron chi connectivity index (χ2n) is 7.98. The predicted molar refractivity (Wildman–Crippen MR) is 133 cm³/mol. The fraction of sp³-hybridized carbons (Fsp3) is 0.231. The van der Waals surface area contributed by atoms with E-state index in [1.165, 1.54) is 0 Å². The second-order valence-corrected chi connectivity index (χ2v) is 8.89. The summed E-state index contributed by atoms with van der Waals surface area (Å²) in [6.45, 7) is 0.504. The van der Waals surface area contributed by atoms with Crippen LogP contribution in [-0.4, -0.2) is 35.7 Å². The molecule has 1 amide bonds. The molecule has 0 spiro atoms. The number of benzene rings is 3. The average Bonchev–Trinajstić information content (AvgIpc) is 3.26. The van der Waals surface area contributed by atoms with E-state index < -0.39 is 17.6 Å². The SMILES string of the molecule is NNC(=O)[C@@]1(Cc2ccc(Br)cc2)N=C(c2ccc(OCCCO)cc2)O[C@H]1c1ccccc1. The molecular weight excluding hydrogens is 498 g/mol. The van der Waals surface area contributed by atoms with Crippen molar-refractivity contribution in [1.29, 1.82) is 0 Å². The van der Waals surface area contributed by atoms with Crippen LogP contribution < -0.4 is 16.0 Å². The molecule has 0 bridgehead atoms. The maximum Gasteiger partial charge on any atom is 0.266 e.